The summed E-state index contributed by atoms with van der Waals surface area (Å²) in [6.07, 6.45) is 3.63. The van der Waals surface area contributed by atoms with Gasteiger partial charge in [0.1, 0.15) is 0 Å². The highest BCUT2D eigenvalue weighted by atomic mass is 16.4. The Balaban J connectivity index is 1.66. The number of hydrogen-bond acceptors (Lipinski definition) is 3. The van der Waals surface area contributed by atoms with Crippen molar-refractivity contribution in [2.75, 3.05) is 0 Å². The first-order valence-corrected chi connectivity index (χ1v) is 7.79. The fourth-order valence-electron chi connectivity index (χ4n) is 2.52. The second-order valence-electron chi connectivity index (χ2n) is 5.54. The van der Waals surface area contributed by atoms with E-state index in [-0.39, 0.29) is 12.3 Å². The van der Waals surface area contributed by atoms with Crippen LogP contribution in [0.1, 0.15) is 17.2 Å². The Kier molecular flexibility index (Phi) is 4.89. The van der Waals surface area contributed by atoms with Gasteiger partial charge < -0.3 is 10.4 Å². The summed E-state index contributed by atoms with van der Waals surface area (Å²) in [7, 11) is 0. The summed E-state index contributed by atoms with van der Waals surface area (Å²) < 4.78 is 1.72. The lowest BCUT2D eigenvalue weighted by Gasteiger charge is -2.15. The summed E-state index contributed by atoms with van der Waals surface area (Å²) in [5, 5.41) is 16.1. The number of nitrogens with zero attached hydrogens (tertiary/aromatic N) is 2. The zero-order valence-corrected chi connectivity index (χ0v) is 13.4. The molecule has 1 aromatic heterocycles. The number of carboxylic acid groups (broad SMARTS) is 1. The molecule has 0 spiro atoms. The number of amides is 1. The first-order valence-electron chi connectivity index (χ1n) is 7.79. The molecule has 0 unspecified atom stereocenters. The molecule has 1 atom stereocenters. The highest BCUT2D eigenvalue weighted by molar-refractivity contribution is 5.85. The van der Waals surface area contributed by atoms with Crippen molar-refractivity contribution < 1.29 is 14.7 Å². The van der Waals surface area contributed by atoms with E-state index in [1.54, 1.807) is 41.2 Å². The SMILES string of the molecule is O=C(Cc1ccc(-n2cccn2)cc1)N[C@@H](C(=O)O)c1ccccc1. The summed E-state index contributed by atoms with van der Waals surface area (Å²) in [6, 6.07) is 16.8. The largest absolute Gasteiger partial charge is 0.479 e. The van der Waals surface area contributed by atoms with Gasteiger partial charge in [-0.25, -0.2) is 9.48 Å². The van der Waals surface area contributed by atoms with Crippen LogP contribution >= 0.6 is 0 Å². The highest BCUT2D eigenvalue weighted by Crippen LogP contribution is 2.14. The van der Waals surface area contributed by atoms with Crippen molar-refractivity contribution >= 4 is 11.9 Å². The smallest absolute Gasteiger partial charge is 0.330 e. The van der Waals surface area contributed by atoms with E-state index < -0.39 is 12.0 Å². The molecule has 6 heteroatoms. The second kappa shape index (κ2) is 7.44. The van der Waals surface area contributed by atoms with Gasteiger partial charge in [-0.3, -0.25) is 4.79 Å². The Bertz CT molecular complexity index is 843. The van der Waals surface area contributed by atoms with Gasteiger partial charge in [0.2, 0.25) is 5.91 Å². The molecule has 1 heterocycles. The maximum atomic E-state index is 12.2. The van der Waals surface area contributed by atoms with E-state index >= 15 is 0 Å². The van der Waals surface area contributed by atoms with E-state index in [1.807, 2.05) is 36.5 Å². The lowest BCUT2D eigenvalue weighted by molar-refractivity contribution is -0.141. The van der Waals surface area contributed by atoms with Crippen LogP contribution in [-0.2, 0) is 16.0 Å². The van der Waals surface area contributed by atoms with Crippen molar-refractivity contribution in [3.8, 4) is 5.69 Å². The predicted molar refractivity (Wildman–Crippen MR) is 92.2 cm³/mol. The summed E-state index contributed by atoms with van der Waals surface area (Å²) in [4.78, 5) is 23.7. The molecule has 0 fully saturated rings. The zero-order chi connectivity index (χ0) is 17.6. The van der Waals surface area contributed by atoms with E-state index in [0.29, 0.717) is 5.56 Å². The lowest BCUT2D eigenvalue weighted by atomic mass is 10.1. The summed E-state index contributed by atoms with van der Waals surface area (Å²) in [6.45, 7) is 0. The number of carboxylic acids is 1. The van der Waals surface area contributed by atoms with E-state index in [2.05, 4.69) is 10.4 Å². The Labute approximate surface area is 144 Å². The minimum atomic E-state index is -1.09. The highest BCUT2D eigenvalue weighted by Gasteiger charge is 2.21. The number of rotatable bonds is 6. The summed E-state index contributed by atoms with van der Waals surface area (Å²) in [5.74, 6) is -1.43. The van der Waals surface area contributed by atoms with Crippen LogP contribution in [0.25, 0.3) is 5.69 Å². The molecule has 0 bridgehead atoms. The number of nitrogens with one attached hydrogen (secondary N) is 1. The molecule has 126 valence electrons. The molecular weight excluding hydrogens is 318 g/mol. The molecule has 25 heavy (non-hydrogen) atoms. The molecule has 6 nitrogen and oxygen atoms in total. The van der Waals surface area contributed by atoms with E-state index in [0.717, 1.165) is 11.3 Å². The van der Waals surface area contributed by atoms with Crippen LogP contribution in [-0.4, -0.2) is 26.8 Å². The number of benzene rings is 2. The van der Waals surface area contributed by atoms with Crippen LogP contribution < -0.4 is 5.32 Å². The van der Waals surface area contributed by atoms with Crippen LogP contribution in [0.3, 0.4) is 0 Å². The third-order valence-electron chi connectivity index (χ3n) is 3.76. The Morgan fingerprint density at radius 2 is 1.76 bits per heavy atom. The Hall–Kier alpha value is -3.41. The molecule has 0 saturated carbocycles. The van der Waals surface area contributed by atoms with Crippen molar-refractivity contribution in [1.29, 1.82) is 0 Å². The zero-order valence-electron chi connectivity index (χ0n) is 13.4. The average molecular weight is 335 g/mol. The van der Waals surface area contributed by atoms with Gasteiger partial charge in [0.05, 0.1) is 12.1 Å². The van der Waals surface area contributed by atoms with Crippen LogP contribution in [0.2, 0.25) is 0 Å². The number of carbonyl (C=O) groups is 2. The molecule has 0 aliphatic carbocycles. The normalized spacial score (nSPS) is 11.7. The van der Waals surface area contributed by atoms with Gasteiger partial charge in [-0.05, 0) is 29.3 Å². The predicted octanol–water partition coefficient (Wildman–Crippen LogP) is 2.36. The molecular formula is C19H17N3O3. The van der Waals surface area contributed by atoms with Gasteiger partial charge in [0.15, 0.2) is 6.04 Å². The van der Waals surface area contributed by atoms with E-state index in [4.69, 9.17) is 0 Å². The monoisotopic (exact) mass is 335 g/mol. The Morgan fingerprint density at radius 3 is 2.36 bits per heavy atom. The standard InChI is InChI=1S/C19H17N3O3/c23-17(21-18(19(24)25)15-5-2-1-3-6-15)13-14-7-9-16(10-8-14)22-12-4-11-20-22/h1-12,18H,13H2,(H,21,23)(H,24,25)/t18-/m1/s1. The fraction of sp³-hybridized carbons (Fsp3) is 0.105. The lowest BCUT2D eigenvalue weighted by Crippen LogP contribution is -2.34. The van der Waals surface area contributed by atoms with Crippen LogP contribution in [0, 0.1) is 0 Å². The van der Waals surface area contributed by atoms with Crippen molar-refractivity contribution in [1.82, 2.24) is 15.1 Å². The average Bonchev–Trinajstić information content (AvgIpc) is 3.15. The molecule has 2 N–H and O–H groups in total. The van der Waals surface area contributed by atoms with Gasteiger partial charge >= 0.3 is 5.97 Å². The molecule has 3 aromatic rings. The molecule has 1 amide bonds. The first-order chi connectivity index (χ1) is 12.1. The third kappa shape index (κ3) is 4.11. The van der Waals surface area contributed by atoms with Crippen molar-refractivity contribution in [3.05, 3.63) is 84.2 Å². The molecule has 0 radical (unpaired) electrons. The quantitative estimate of drug-likeness (QED) is 0.724. The first kappa shape index (κ1) is 16.4. The Morgan fingerprint density at radius 1 is 1.04 bits per heavy atom. The maximum absolute atomic E-state index is 12.2. The van der Waals surface area contributed by atoms with Gasteiger partial charge in [-0.2, -0.15) is 5.10 Å². The minimum absolute atomic E-state index is 0.107. The van der Waals surface area contributed by atoms with Gasteiger partial charge in [0.25, 0.3) is 0 Å². The molecule has 0 saturated heterocycles. The van der Waals surface area contributed by atoms with Crippen LogP contribution in [0.4, 0.5) is 0 Å². The third-order valence-corrected chi connectivity index (χ3v) is 3.76. The van der Waals surface area contributed by atoms with Crippen LogP contribution in [0.5, 0.6) is 0 Å². The van der Waals surface area contributed by atoms with Crippen molar-refractivity contribution in [2.45, 2.75) is 12.5 Å². The van der Waals surface area contributed by atoms with E-state index in [1.165, 1.54) is 0 Å². The maximum Gasteiger partial charge on any atom is 0.330 e. The van der Waals surface area contributed by atoms with Crippen molar-refractivity contribution in [2.24, 2.45) is 0 Å². The van der Waals surface area contributed by atoms with Gasteiger partial charge in [-0.15, -0.1) is 0 Å². The number of carbonyl (C=O) groups excluding carboxylic acids is 1. The topological polar surface area (TPSA) is 84.2 Å². The summed E-state index contributed by atoms with van der Waals surface area (Å²) >= 11 is 0. The number of hydrogen-bond donors (Lipinski definition) is 2. The van der Waals surface area contributed by atoms with Crippen molar-refractivity contribution in [3.63, 3.8) is 0 Å². The number of aliphatic carboxylic acids is 1. The van der Waals surface area contributed by atoms with Gasteiger partial charge in [-0.1, -0.05) is 42.5 Å². The second-order valence-corrected chi connectivity index (χ2v) is 5.54. The molecule has 3 rings (SSSR count). The molecule has 0 aliphatic heterocycles. The molecule has 0 aliphatic rings. The minimum Gasteiger partial charge on any atom is -0.479 e. The summed E-state index contributed by atoms with van der Waals surface area (Å²) in [5.41, 5.74) is 2.23. The number of aromatic nitrogens is 2. The fourth-order valence-corrected chi connectivity index (χ4v) is 2.52. The van der Waals surface area contributed by atoms with E-state index in [9.17, 15) is 14.7 Å². The van der Waals surface area contributed by atoms with Crippen LogP contribution in [0.15, 0.2) is 73.1 Å². The van der Waals surface area contributed by atoms with Gasteiger partial charge in [0, 0.05) is 12.4 Å². The molecule has 2 aromatic carbocycles.